The van der Waals surface area contributed by atoms with Gasteiger partial charge in [-0.1, -0.05) is 17.7 Å². The summed E-state index contributed by atoms with van der Waals surface area (Å²) in [6, 6.07) is 10.7. The number of hydrogen-bond donors (Lipinski definition) is 4. The standard InChI is InChI=1S/C26H30N8O4/c1-15-5-7-18(16(2)11-15)30-25(37)22-23(24(27)36)34(14-29-22)26-31-19-8-6-17(12-20(19)32-26)38-13-21(35)28-9-10-33(3)4/h5-8,11-12,14H,9-10,13H2,1-4H3,(H2,27,36)(H,28,35)(H,30,37)(H,31,32). The molecule has 2 aromatic carbocycles. The Bertz CT molecular complexity index is 1500. The zero-order valence-corrected chi connectivity index (χ0v) is 21.7. The van der Waals surface area contributed by atoms with Gasteiger partial charge in [-0.25, -0.2) is 9.97 Å². The first-order valence-corrected chi connectivity index (χ1v) is 11.9. The molecule has 12 heteroatoms. The Morgan fingerprint density at radius 2 is 1.92 bits per heavy atom. The molecule has 0 bridgehead atoms. The quantitative estimate of drug-likeness (QED) is 0.249. The van der Waals surface area contributed by atoms with Crippen LogP contribution in [0.15, 0.2) is 42.7 Å². The minimum absolute atomic E-state index is 0.114. The number of fused-ring (bicyclic) bond motifs is 1. The molecule has 0 aliphatic rings. The molecule has 2 aromatic heterocycles. The first-order valence-electron chi connectivity index (χ1n) is 11.9. The maximum atomic E-state index is 13.0. The summed E-state index contributed by atoms with van der Waals surface area (Å²) in [7, 11) is 3.85. The van der Waals surface area contributed by atoms with Gasteiger partial charge in [0.25, 0.3) is 17.7 Å². The van der Waals surface area contributed by atoms with E-state index in [0.717, 1.165) is 17.7 Å². The lowest BCUT2D eigenvalue weighted by Gasteiger charge is -2.11. The second kappa shape index (κ2) is 11.1. The zero-order chi connectivity index (χ0) is 27.4. The predicted molar refractivity (Wildman–Crippen MR) is 143 cm³/mol. The number of rotatable bonds is 10. The van der Waals surface area contributed by atoms with Gasteiger partial charge in [-0.15, -0.1) is 0 Å². The van der Waals surface area contributed by atoms with Crippen LogP contribution in [0.3, 0.4) is 0 Å². The number of H-pyrrole nitrogens is 1. The van der Waals surface area contributed by atoms with Crippen molar-refractivity contribution in [3.8, 4) is 11.7 Å². The molecule has 4 aromatic rings. The second-order valence-corrected chi connectivity index (χ2v) is 9.13. The smallest absolute Gasteiger partial charge is 0.276 e. The van der Waals surface area contributed by atoms with Crippen LogP contribution in [0.4, 0.5) is 5.69 Å². The first-order chi connectivity index (χ1) is 18.1. The summed E-state index contributed by atoms with van der Waals surface area (Å²) in [5.41, 5.74) is 9.11. The first kappa shape index (κ1) is 26.4. The predicted octanol–water partition coefficient (Wildman–Crippen LogP) is 1.77. The fourth-order valence-corrected chi connectivity index (χ4v) is 3.84. The molecule has 198 valence electrons. The lowest BCUT2D eigenvalue weighted by atomic mass is 10.1. The molecule has 5 N–H and O–H groups in total. The van der Waals surface area contributed by atoms with Crippen LogP contribution in [0, 0.1) is 13.8 Å². The third kappa shape index (κ3) is 5.98. The Morgan fingerprint density at radius 3 is 2.63 bits per heavy atom. The molecule has 0 fully saturated rings. The largest absolute Gasteiger partial charge is 0.484 e. The maximum Gasteiger partial charge on any atom is 0.276 e. The number of imidazole rings is 2. The average molecular weight is 519 g/mol. The van der Waals surface area contributed by atoms with E-state index < -0.39 is 11.8 Å². The third-order valence-electron chi connectivity index (χ3n) is 5.77. The van der Waals surface area contributed by atoms with E-state index in [1.165, 1.54) is 10.9 Å². The van der Waals surface area contributed by atoms with E-state index in [2.05, 4.69) is 25.6 Å². The van der Waals surface area contributed by atoms with Gasteiger partial charge in [0.15, 0.2) is 12.3 Å². The fraction of sp³-hybridized carbons (Fsp3) is 0.269. The van der Waals surface area contributed by atoms with Crippen LogP contribution < -0.4 is 21.1 Å². The van der Waals surface area contributed by atoms with Crippen LogP contribution in [0.5, 0.6) is 5.75 Å². The highest BCUT2D eigenvalue weighted by atomic mass is 16.5. The summed E-state index contributed by atoms with van der Waals surface area (Å²) in [6.07, 6.45) is 1.31. The average Bonchev–Trinajstić information content (AvgIpc) is 3.48. The van der Waals surface area contributed by atoms with Crippen molar-refractivity contribution in [1.82, 2.24) is 29.7 Å². The molecule has 0 saturated carbocycles. The van der Waals surface area contributed by atoms with Crippen LogP contribution in [0.1, 0.15) is 32.1 Å². The van der Waals surface area contributed by atoms with Gasteiger partial charge in [0.1, 0.15) is 17.8 Å². The number of aromatic nitrogens is 4. The number of nitrogens with two attached hydrogens (primary N) is 1. The van der Waals surface area contributed by atoms with Crippen LogP contribution >= 0.6 is 0 Å². The van der Waals surface area contributed by atoms with Crippen molar-refractivity contribution < 1.29 is 19.1 Å². The van der Waals surface area contributed by atoms with E-state index in [1.54, 1.807) is 24.3 Å². The number of hydrogen-bond acceptors (Lipinski definition) is 7. The number of carbonyl (C=O) groups excluding carboxylic acids is 3. The number of anilines is 1. The molecule has 0 unspecified atom stereocenters. The molecule has 3 amide bonds. The van der Waals surface area contributed by atoms with Crippen molar-refractivity contribution in [1.29, 1.82) is 0 Å². The number of nitrogens with zero attached hydrogens (tertiary/aromatic N) is 4. The van der Waals surface area contributed by atoms with Crippen molar-refractivity contribution in [3.05, 3.63) is 65.2 Å². The van der Waals surface area contributed by atoms with E-state index in [1.807, 2.05) is 45.0 Å². The number of amides is 3. The van der Waals surface area contributed by atoms with Gasteiger partial charge in [0, 0.05) is 24.8 Å². The highest BCUT2D eigenvalue weighted by molar-refractivity contribution is 6.10. The number of nitrogens with one attached hydrogen (secondary N) is 3. The van der Waals surface area contributed by atoms with Crippen molar-refractivity contribution >= 4 is 34.4 Å². The molecule has 0 aliphatic carbocycles. The van der Waals surface area contributed by atoms with E-state index in [0.29, 0.717) is 29.0 Å². The number of aryl methyl sites for hydroxylation is 2. The summed E-state index contributed by atoms with van der Waals surface area (Å²) < 4.78 is 6.93. The zero-order valence-electron chi connectivity index (χ0n) is 21.7. The molecule has 0 aliphatic heterocycles. The van der Waals surface area contributed by atoms with Gasteiger partial charge in [-0.3, -0.25) is 19.0 Å². The Labute approximate surface area is 219 Å². The fourth-order valence-electron chi connectivity index (χ4n) is 3.84. The molecular weight excluding hydrogens is 488 g/mol. The van der Waals surface area contributed by atoms with Crippen LogP contribution in [-0.2, 0) is 4.79 Å². The van der Waals surface area contributed by atoms with Crippen molar-refractivity contribution in [2.75, 3.05) is 39.1 Å². The SMILES string of the molecule is Cc1ccc(NC(=O)c2ncn(-c3nc4ccc(OCC(=O)NCCN(C)C)cc4[nH]3)c2C(N)=O)c(C)c1. The van der Waals surface area contributed by atoms with E-state index in [-0.39, 0.29) is 29.9 Å². The summed E-state index contributed by atoms with van der Waals surface area (Å²) in [4.78, 5) is 51.0. The molecule has 0 saturated heterocycles. The van der Waals surface area contributed by atoms with E-state index in [9.17, 15) is 14.4 Å². The van der Waals surface area contributed by atoms with Gasteiger partial charge < -0.3 is 31.0 Å². The number of primary amides is 1. The Balaban J connectivity index is 1.53. The molecule has 0 radical (unpaired) electrons. The Kier molecular flexibility index (Phi) is 7.72. The second-order valence-electron chi connectivity index (χ2n) is 9.13. The number of benzene rings is 2. The summed E-state index contributed by atoms with van der Waals surface area (Å²) >= 11 is 0. The maximum absolute atomic E-state index is 13.0. The van der Waals surface area contributed by atoms with Crippen molar-refractivity contribution in [2.45, 2.75) is 13.8 Å². The van der Waals surface area contributed by atoms with Gasteiger partial charge in [0.2, 0.25) is 5.95 Å². The molecular formula is C26H30N8O4. The van der Waals surface area contributed by atoms with E-state index in [4.69, 9.17) is 10.5 Å². The highest BCUT2D eigenvalue weighted by Gasteiger charge is 2.25. The van der Waals surface area contributed by atoms with Gasteiger partial charge in [-0.2, -0.15) is 0 Å². The van der Waals surface area contributed by atoms with Crippen LogP contribution in [0.2, 0.25) is 0 Å². The molecule has 38 heavy (non-hydrogen) atoms. The molecule has 0 spiro atoms. The lowest BCUT2D eigenvalue weighted by molar-refractivity contribution is -0.123. The van der Waals surface area contributed by atoms with Gasteiger partial charge in [0.05, 0.1) is 11.0 Å². The number of aromatic amines is 1. The topological polar surface area (TPSA) is 160 Å². The molecule has 4 rings (SSSR count). The number of ether oxygens (including phenoxy) is 1. The van der Waals surface area contributed by atoms with Crippen molar-refractivity contribution in [3.63, 3.8) is 0 Å². The summed E-state index contributed by atoms with van der Waals surface area (Å²) in [6.45, 7) is 4.95. The van der Waals surface area contributed by atoms with Crippen LogP contribution in [-0.4, -0.2) is 75.9 Å². The number of carbonyl (C=O) groups is 3. The minimum Gasteiger partial charge on any atom is -0.484 e. The molecule has 2 heterocycles. The monoisotopic (exact) mass is 518 g/mol. The third-order valence-corrected chi connectivity index (χ3v) is 5.77. The van der Waals surface area contributed by atoms with Gasteiger partial charge in [-0.05, 0) is 51.7 Å². The van der Waals surface area contributed by atoms with Gasteiger partial charge >= 0.3 is 0 Å². The molecule has 12 nitrogen and oxygen atoms in total. The Morgan fingerprint density at radius 1 is 1.13 bits per heavy atom. The summed E-state index contributed by atoms with van der Waals surface area (Å²) in [5.74, 6) is -0.929. The van der Waals surface area contributed by atoms with E-state index >= 15 is 0 Å². The lowest BCUT2D eigenvalue weighted by Crippen LogP contribution is -2.34. The molecule has 0 atom stereocenters. The normalized spacial score (nSPS) is 11.1. The summed E-state index contributed by atoms with van der Waals surface area (Å²) in [5, 5.41) is 5.57. The Hall–Kier alpha value is -4.71. The minimum atomic E-state index is -0.835. The van der Waals surface area contributed by atoms with Crippen molar-refractivity contribution in [2.24, 2.45) is 5.73 Å². The van der Waals surface area contributed by atoms with Crippen LogP contribution in [0.25, 0.3) is 17.0 Å². The highest BCUT2D eigenvalue weighted by Crippen LogP contribution is 2.23. The number of likely N-dealkylation sites (N-methyl/N-ethyl adjacent to an activating group) is 1.